The number of hydrogen-bond donors (Lipinski definition) is 1. The van der Waals surface area contributed by atoms with Gasteiger partial charge in [-0.2, -0.15) is 5.26 Å². The number of phenols is 1. The van der Waals surface area contributed by atoms with Crippen molar-refractivity contribution in [3.63, 3.8) is 0 Å². The van der Waals surface area contributed by atoms with Crippen LogP contribution in [0.5, 0.6) is 17.4 Å². The Bertz CT molecular complexity index is 807. The molecule has 0 aliphatic rings. The Morgan fingerprint density at radius 2 is 1.85 bits per heavy atom. The van der Waals surface area contributed by atoms with Crippen LogP contribution in [0.2, 0.25) is 0 Å². The average molecular weight is 263 g/mol. The van der Waals surface area contributed by atoms with Gasteiger partial charge >= 0.3 is 0 Å². The number of nitriles is 1. The van der Waals surface area contributed by atoms with Crippen LogP contribution in [0.3, 0.4) is 0 Å². The van der Waals surface area contributed by atoms with E-state index in [1.807, 2.05) is 18.2 Å². The maximum Gasteiger partial charge on any atom is 0.237 e. The van der Waals surface area contributed by atoms with Crippen molar-refractivity contribution < 1.29 is 9.84 Å². The molecule has 5 nitrogen and oxygen atoms in total. The zero-order valence-electron chi connectivity index (χ0n) is 10.3. The number of benzene rings is 2. The van der Waals surface area contributed by atoms with Gasteiger partial charge in [0.2, 0.25) is 5.88 Å². The van der Waals surface area contributed by atoms with Gasteiger partial charge in [-0.25, -0.2) is 9.97 Å². The SMILES string of the molecule is N#Cc1cnc(Oc2ccc3ccc(O)cc3c2)cn1. The first-order chi connectivity index (χ1) is 9.74. The highest BCUT2D eigenvalue weighted by Crippen LogP contribution is 2.26. The van der Waals surface area contributed by atoms with Crippen LogP contribution in [-0.4, -0.2) is 15.1 Å². The van der Waals surface area contributed by atoms with Gasteiger partial charge in [-0.3, -0.25) is 0 Å². The number of aromatic nitrogens is 2. The van der Waals surface area contributed by atoms with Gasteiger partial charge in [-0.15, -0.1) is 0 Å². The number of hydrogen-bond acceptors (Lipinski definition) is 5. The Kier molecular flexibility index (Phi) is 2.90. The van der Waals surface area contributed by atoms with Crippen LogP contribution in [0.25, 0.3) is 10.8 Å². The lowest BCUT2D eigenvalue weighted by atomic mass is 10.1. The molecule has 2 aromatic carbocycles. The zero-order chi connectivity index (χ0) is 13.9. The molecular formula is C15H9N3O2. The number of fused-ring (bicyclic) bond motifs is 1. The number of aromatic hydroxyl groups is 1. The maximum absolute atomic E-state index is 9.47. The van der Waals surface area contributed by atoms with Gasteiger partial charge in [-0.1, -0.05) is 12.1 Å². The monoisotopic (exact) mass is 263 g/mol. The molecule has 0 atom stereocenters. The molecule has 0 aliphatic heterocycles. The summed E-state index contributed by atoms with van der Waals surface area (Å²) in [5.74, 6) is 1.10. The van der Waals surface area contributed by atoms with E-state index in [1.165, 1.54) is 12.4 Å². The molecule has 5 heteroatoms. The van der Waals surface area contributed by atoms with Crippen molar-refractivity contribution in [2.75, 3.05) is 0 Å². The van der Waals surface area contributed by atoms with E-state index in [0.29, 0.717) is 11.6 Å². The number of nitrogens with zero attached hydrogens (tertiary/aromatic N) is 3. The van der Waals surface area contributed by atoms with Gasteiger partial charge in [0.15, 0.2) is 5.69 Å². The van der Waals surface area contributed by atoms with Crippen LogP contribution in [0, 0.1) is 11.3 Å². The molecule has 0 amide bonds. The van der Waals surface area contributed by atoms with Crippen molar-refractivity contribution in [2.45, 2.75) is 0 Å². The zero-order valence-corrected chi connectivity index (χ0v) is 10.3. The van der Waals surface area contributed by atoms with Crippen molar-refractivity contribution in [2.24, 2.45) is 0 Å². The van der Waals surface area contributed by atoms with Crippen LogP contribution in [0.15, 0.2) is 48.8 Å². The highest BCUT2D eigenvalue weighted by Gasteiger charge is 2.02. The second kappa shape index (κ2) is 4.86. The third-order valence-corrected chi connectivity index (χ3v) is 2.76. The standard InChI is InChI=1S/C15H9N3O2/c16-7-12-8-18-15(9-17-12)20-14-4-2-10-1-3-13(19)5-11(10)6-14/h1-6,8-9,19H. The summed E-state index contributed by atoms with van der Waals surface area (Å²) in [4.78, 5) is 7.87. The average Bonchev–Trinajstić information content (AvgIpc) is 2.47. The Morgan fingerprint density at radius 3 is 2.60 bits per heavy atom. The summed E-state index contributed by atoms with van der Waals surface area (Å²) in [7, 11) is 0. The summed E-state index contributed by atoms with van der Waals surface area (Å²) in [5, 5.41) is 20.0. The molecule has 0 radical (unpaired) electrons. The first-order valence-corrected chi connectivity index (χ1v) is 5.87. The summed E-state index contributed by atoms with van der Waals surface area (Å²) in [6.45, 7) is 0. The van der Waals surface area contributed by atoms with E-state index in [0.717, 1.165) is 10.8 Å². The van der Waals surface area contributed by atoms with E-state index < -0.39 is 0 Å². The van der Waals surface area contributed by atoms with Crippen LogP contribution < -0.4 is 4.74 Å². The first-order valence-electron chi connectivity index (χ1n) is 5.87. The van der Waals surface area contributed by atoms with E-state index in [-0.39, 0.29) is 11.4 Å². The van der Waals surface area contributed by atoms with Crippen molar-refractivity contribution in [3.8, 4) is 23.4 Å². The summed E-state index contributed by atoms with van der Waals surface area (Å²) in [6.07, 6.45) is 2.74. The smallest absolute Gasteiger partial charge is 0.237 e. The molecule has 3 aromatic rings. The minimum atomic E-state index is 0.202. The Balaban J connectivity index is 1.92. The second-order valence-electron chi connectivity index (χ2n) is 4.15. The normalized spacial score (nSPS) is 10.2. The second-order valence-corrected chi connectivity index (χ2v) is 4.15. The third kappa shape index (κ3) is 2.35. The Morgan fingerprint density at radius 1 is 1.00 bits per heavy atom. The molecule has 3 rings (SSSR count). The Hall–Kier alpha value is -3.13. The topological polar surface area (TPSA) is 79.0 Å². The fraction of sp³-hybridized carbons (Fsp3) is 0. The van der Waals surface area contributed by atoms with Gasteiger partial charge in [0.25, 0.3) is 0 Å². The van der Waals surface area contributed by atoms with Crippen molar-refractivity contribution in [1.82, 2.24) is 9.97 Å². The fourth-order valence-electron chi connectivity index (χ4n) is 1.82. The summed E-state index contributed by atoms with van der Waals surface area (Å²) in [6, 6.07) is 12.5. The lowest BCUT2D eigenvalue weighted by molar-refractivity contribution is 0.460. The molecule has 0 saturated carbocycles. The van der Waals surface area contributed by atoms with Gasteiger partial charge in [-0.05, 0) is 35.0 Å². The minimum absolute atomic E-state index is 0.202. The molecule has 0 bridgehead atoms. The summed E-state index contributed by atoms with van der Waals surface area (Å²) >= 11 is 0. The molecular weight excluding hydrogens is 254 g/mol. The van der Waals surface area contributed by atoms with E-state index in [2.05, 4.69) is 9.97 Å². The Labute approximate surface area is 114 Å². The van der Waals surface area contributed by atoms with Gasteiger partial charge < -0.3 is 9.84 Å². The molecule has 1 aromatic heterocycles. The molecule has 20 heavy (non-hydrogen) atoms. The summed E-state index contributed by atoms with van der Waals surface area (Å²) < 4.78 is 5.56. The van der Waals surface area contributed by atoms with E-state index >= 15 is 0 Å². The summed E-state index contributed by atoms with van der Waals surface area (Å²) in [5.41, 5.74) is 0.237. The van der Waals surface area contributed by atoms with Crippen molar-refractivity contribution in [1.29, 1.82) is 5.26 Å². The van der Waals surface area contributed by atoms with Crippen LogP contribution in [0.1, 0.15) is 5.69 Å². The largest absolute Gasteiger partial charge is 0.508 e. The molecule has 1 heterocycles. The molecule has 0 fully saturated rings. The molecule has 1 N–H and O–H groups in total. The molecule has 96 valence electrons. The predicted octanol–water partition coefficient (Wildman–Crippen LogP) is 3.00. The predicted molar refractivity (Wildman–Crippen MR) is 72.4 cm³/mol. The quantitative estimate of drug-likeness (QED) is 0.768. The fourth-order valence-corrected chi connectivity index (χ4v) is 1.82. The van der Waals surface area contributed by atoms with E-state index in [9.17, 15) is 5.11 Å². The van der Waals surface area contributed by atoms with Gasteiger partial charge in [0, 0.05) is 0 Å². The van der Waals surface area contributed by atoms with Crippen LogP contribution in [-0.2, 0) is 0 Å². The number of phenolic OH excluding ortho intramolecular Hbond substituents is 1. The van der Waals surface area contributed by atoms with Crippen molar-refractivity contribution in [3.05, 3.63) is 54.5 Å². The van der Waals surface area contributed by atoms with Crippen LogP contribution >= 0.6 is 0 Å². The highest BCUT2D eigenvalue weighted by atomic mass is 16.5. The first kappa shape index (κ1) is 11.9. The number of rotatable bonds is 2. The molecule has 0 aliphatic carbocycles. The molecule has 0 spiro atoms. The van der Waals surface area contributed by atoms with E-state index in [1.54, 1.807) is 24.3 Å². The number of ether oxygens (including phenoxy) is 1. The lowest BCUT2D eigenvalue weighted by Gasteiger charge is -2.05. The third-order valence-electron chi connectivity index (χ3n) is 2.76. The minimum Gasteiger partial charge on any atom is -0.508 e. The van der Waals surface area contributed by atoms with E-state index in [4.69, 9.17) is 10.00 Å². The lowest BCUT2D eigenvalue weighted by Crippen LogP contribution is -1.91. The van der Waals surface area contributed by atoms with Crippen molar-refractivity contribution >= 4 is 10.8 Å². The van der Waals surface area contributed by atoms with Gasteiger partial charge in [0.1, 0.15) is 17.6 Å². The highest BCUT2D eigenvalue weighted by molar-refractivity contribution is 5.85. The van der Waals surface area contributed by atoms with Crippen LogP contribution in [0.4, 0.5) is 0 Å². The van der Waals surface area contributed by atoms with Gasteiger partial charge in [0.05, 0.1) is 12.4 Å². The molecule has 0 unspecified atom stereocenters. The molecule has 0 saturated heterocycles. The maximum atomic E-state index is 9.47.